The summed E-state index contributed by atoms with van der Waals surface area (Å²) in [5.74, 6) is 0.177. The Balaban J connectivity index is 1.96. The lowest BCUT2D eigenvalue weighted by atomic mass is 10.1. The normalized spacial score (nSPS) is 11.3. The summed E-state index contributed by atoms with van der Waals surface area (Å²) in [6.45, 7) is 3.91. The Morgan fingerprint density at radius 1 is 1.17 bits per heavy atom. The van der Waals surface area contributed by atoms with Gasteiger partial charge in [-0.1, -0.05) is 35.9 Å². The molecule has 0 heterocycles. The summed E-state index contributed by atoms with van der Waals surface area (Å²) in [7, 11) is -3.64. The summed E-state index contributed by atoms with van der Waals surface area (Å²) < 4.78 is 31.2. The van der Waals surface area contributed by atoms with E-state index in [2.05, 4.69) is 5.32 Å². The quantitative estimate of drug-likeness (QED) is 0.574. The van der Waals surface area contributed by atoms with E-state index in [0.717, 1.165) is 22.5 Å². The summed E-state index contributed by atoms with van der Waals surface area (Å²) in [4.78, 5) is 12.3. The van der Waals surface area contributed by atoms with E-state index in [1.54, 1.807) is 24.3 Å². The van der Waals surface area contributed by atoms with E-state index in [-0.39, 0.29) is 18.6 Å². The fourth-order valence-electron chi connectivity index (χ4n) is 2.78. The third-order valence-corrected chi connectivity index (χ3v) is 5.58. The maximum absolute atomic E-state index is 12.3. The SMILES string of the molecule is CC(C)Oc1cccc(N(CC(=O)NCCCc2ccccc2Cl)S(C)(=O)=O)c1. The number of nitrogens with zero attached hydrogens (tertiary/aromatic N) is 1. The third kappa shape index (κ3) is 7.59. The first-order valence-corrected chi connectivity index (χ1v) is 11.6. The zero-order chi connectivity index (χ0) is 21.4. The summed E-state index contributed by atoms with van der Waals surface area (Å²) in [5.41, 5.74) is 1.40. The van der Waals surface area contributed by atoms with Crippen molar-refractivity contribution in [1.29, 1.82) is 0 Å². The number of hydrogen-bond donors (Lipinski definition) is 1. The topological polar surface area (TPSA) is 75.7 Å². The second kappa shape index (κ2) is 10.5. The van der Waals surface area contributed by atoms with Crippen molar-refractivity contribution in [2.24, 2.45) is 0 Å². The molecule has 2 aromatic rings. The minimum atomic E-state index is -3.64. The number of anilines is 1. The van der Waals surface area contributed by atoms with Gasteiger partial charge in [-0.15, -0.1) is 0 Å². The molecule has 0 saturated heterocycles. The lowest BCUT2D eigenvalue weighted by molar-refractivity contribution is -0.119. The van der Waals surface area contributed by atoms with Crippen LogP contribution < -0.4 is 14.4 Å². The number of benzene rings is 2. The summed E-state index contributed by atoms with van der Waals surface area (Å²) in [5, 5.41) is 3.47. The zero-order valence-electron chi connectivity index (χ0n) is 16.9. The van der Waals surface area contributed by atoms with Gasteiger partial charge in [0.15, 0.2) is 0 Å². The standard InChI is InChI=1S/C21H27ClN2O4S/c1-16(2)28-19-11-6-10-18(14-19)24(29(3,26)27)15-21(25)23-13-7-9-17-8-4-5-12-20(17)22/h4-6,8,10-12,14,16H,7,9,13,15H2,1-3H3,(H,23,25). The van der Waals surface area contributed by atoms with Gasteiger partial charge in [0.2, 0.25) is 15.9 Å². The number of aryl methyl sites for hydroxylation is 1. The maximum atomic E-state index is 12.3. The Hall–Kier alpha value is -2.25. The molecular formula is C21H27ClN2O4S. The molecule has 2 aromatic carbocycles. The van der Waals surface area contributed by atoms with Crippen molar-refractivity contribution in [3.05, 3.63) is 59.1 Å². The van der Waals surface area contributed by atoms with Crippen LogP contribution in [0.15, 0.2) is 48.5 Å². The lowest BCUT2D eigenvalue weighted by Gasteiger charge is -2.22. The molecule has 0 aliphatic rings. The molecule has 0 fully saturated rings. The number of carbonyl (C=O) groups excluding carboxylic acids is 1. The molecule has 29 heavy (non-hydrogen) atoms. The highest BCUT2D eigenvalue weighted by atomic mass is 35.5. The van der Waals surface area contributed by atoms with Crippen LogP contribution >= 0.6 is 11.6 Å². The van der Waals surface area contributed by atoms with E-state index in [9.17, 15) is 13.2 Å². The van der Waals surface area contributed by atoms with E-state index >= 15 is 0 Å². The molecule has 0 aromatic heterocycles. The number of ether oxygens (including phenoxy) is 1. The first-order valence-electron chi connectivity index (χ1n) is 9.41. The second-order valence-corrected chi connectivity index (χ2v) is 9.29. The molecule has 1 N–H and O–H groups in total. The molecule has 0 unspecified atom stereocenters. The van der Waals surface area contributed by atoms with Gasteiger partial charge in [-0.2, -0.15) is 0 Å². The van der Waals surface area contributed by atoms with Gasteiger partial charge in [0.25, 0.3) is 0 Å². The highest BCUT2D eigenvalue weighted by Gasteiger charge is 2.21. The first kappa shape index (κ1) is 23.0. The molecule has 0 aliphatic heterocycles. The van der Waals surface area contributed by atoms with Crippen molar-refractivity contribution in [3.63, 3.8) is 0 Å². The van der Waals surface area contributed by atoms with E-state index < -0.39 is 10.0 Å². The molecule has 0 atom stereocenters. The highest BCUT2D eigenvalue weighted by molar-refractivity contribution is 7.92. The Labute approximate surface area is 177 Å². The van der Waals surface area contributed by atoms with Crippen LogP contribution in [0.1, 0.15) is 25.8 Å². The van der Waals surface area contributed by atoms with Gasteiger partial charge in [-0.25, -0.2) is 8.42 Å². The van der Waals surface area contributed by atoms with Crippen molar-refractivity contribution in [1.82, 2.24) is 5.32 Å². The van der Waals surface area contributed by atoms with Crippen molar-refractivity contribution < 1.29 is 17.9 Å². The highest BCUT2D eigenvalue weighted by Crippen LogP contribution is 2.24. The molecule has 6 nitrogen and oxygen atoms in total. The Kier molecular flexibility index (Phi) is 8.34. The molecule has 0 aliphatic carbocycles. The maximum Gasteiger partial charge on any atom is 0.240 e. The fraction of sp³-hybridized carbons (Fsp3) is 0.381. The molecule has 8 heteroatoms. The minimum Gasteiger partial charge on any atom is -0.491 e. The minimum absolute atomic E-state index is 0.0432. The lowest BCUT2D eigenvalue weighted by Crippen LogP contribution is -2.40. The molecule has 2 rings (SSSR count). The van der Waals surface area contributed by atoms with E-state index in [0.29, 0.717) is 29.4 Å². The van der Waals surface area contributed by atoms with Gasteiger partial charge in [-0.05, 0) is 50.5 Å². The van der Waals surface area contributed by atoms with Crippen LogP contribution in [0, 0.1) is 0 Å². The zero-order valence-corrected chi connectivity index (χ0v) is 18.5. The van der Waals surface area contributed by atoms with E-state index in [4.69, 9.17) is 16.3 Å². The predicted octanol–water partition coefficient (Wildman–Crippen LogP) is 3.64. The Bertz CT molecular complexity index is 932. The number of amides is 1. The van der Waals surface area contributed by atoms with Crippen molar-refractivity contribution in [2.75, 3.05) is 23.7 Å². The van der Waals surface area contributed by atoms with Crippen molar-refractivity contribution in [3.8, 4) is 5.75 Å². The predicted molar refractivity (Wildman–Crippen MR) is 117 cm³/mol. The van der Waals surface area contributed by atoms with E-state index in [1.165, 1.54) is 0 Å². The van der Waals surface area contributed by atoms with Gasteiger partial charge in [-0.3, -0.25) is 9.10 Å². The van der Waals surface area contributed by atoms with Crippen molar-refractivity contribution >= 4 is 33.2 Å². The van der Waals surface area contributed by atoms with Crippen LogP contribution in [0.2, 0.25) is 5.02 Å². The average Bonchev–Trinajstić information content (AvgIpc) is 2.63. The smallest absolute Gasteiger partial charge is 0.240 e. The largest absolute Gasteiger partial charge is 0.491 e. The van der Waals surface area contributed by atoms with Gasteiger partial charge in [0, 0.05) is 17.6 Å². The number of nitrogens with one attached hydrogen (secondary N) is 1. The van der Waals surface area contributed by atoms with Gasteiger partial charge >= 0.3 is 0 Å². The van der Waals surface area contributed by atoms with Gasteiger partial charge in [0.05, 0.1) is 18.0 Å². The fourth-order valence-corrected chi connectivity index (χ4v) is 3.86. The number of sulfonamides is 1. The van der Waals surface area contributed by atoms with Crippen LogP contribution in [0.3, 0.4) is 0 Å². The Morgan fingerprint density at radius 2 is 1.90 bits per heavy atom. The number of carbonyl (C=O) groups is 1. The number of hydrogen-bond acceptors (Lipinski definition) is 4. The number of halogens is 1. The second-order valence-electron chi connectivity index (χ2n) is 6.98. The number of rotatable bonds is 10. The van der Waals surface area contributed by atoms with Crippen LogP contribution in [-0.4, -0.2) is 39.8 Å². The van der Waals surface area contributed by atoms with Gasteiger partial charge < -0.3 is 10.1 Å². The summed E-state index contributed by atoms with van der Waals surface area (Å²) in [6.07, 6.45) is 2.46. The summed E-state index contributed by atoms with van der Waals surface area (Å²) in [6, 6.07) is 14.3. The van der Waals surface area contributed by atoms with E-state index in [1.807, 2.05) is 38.1 Å². The van der Waals surface area contributed by atoms with Gasteiger partial charge in [0.1, 0.15) is 12.3 Å². The third-order valence-electron chi connectivity index (χ3n) is 4.07. The first-order chi connectivity index (χ1) is 13.7. The average molecular weight is 439 g/mol. The molecule has 0 saturated carbocycles. The molecular weight excluding hydrogens is 412 g/mol. The van der Waals surface area contributed by atoms with Crippen LogP contribution in [-0.2, 0) is 21.2 Å². The molecule has 1 amide bonds. The monoisotopic (exact) mass is 438 g/mol. The molecule has 158 valence electrons. The molecule has 0 spiro atoms. The van der Waals surface area contributed by atoms with Crippen LogP contribution in [0.4, 0.5) is 5.69 Å². The molecule has 0 radical (unpaired) electrons. The molecule has 0 bridgehead atoms. The summed E-state index contributed by atoms with van der Waals surface area (Å²) >= 11 is 6.13. The van der Waals surface area contributed by atoms with Crippen LogP contribution in [0.5, 0.6) is 5.75 Å². The van der Waals surface area contributed by atoms with Crippen molar-refractivity contribution in [2.45, 2.75) is 32.8 Å². The van der Waals surface area contributed by atoms with Crippen LogP contribution in [0.25, 0.3) is 0 Å². The Morgan fingerprint density at radius 3 is 2.55 bits per heavy atom.